The van der Waals surface area contributed by atoms with E-state index in [9.17, 15) is 13.2 Å². The van der Waals surface area contributed by atoms with Crippen molar-refractivity contribution in [2.75, 3.05) is 17.7 Å². The van der Waals surface area contributed by atoms with Crippen molar-refractivity contribution in [2.24, 2.45) is 0 Å². The first-order valence-electron chi connectivity index (χ1n) is 5.18. The molecule has 2 N–H and O–H groups in total. The zero-order valence-electron chi connectivity index (χ0n) is 9.33. The van der Waals surface area contributed by atoms with Crippen molar-refractivity contribution < 1.29 is 13.2 Å². The van der Waals surface area contributed by atoms with E-state index in [0.717, 1.165) is 0 Å². The van der Waals surface area contributed by atoms with Crippen LogP contribution in [0, 0.1) is 0 Å². The zero-order valence-corrected chi connectivity index (χ0v) is 10.8. The van der Waals surface area contributed by atoms with Gasteiger partial charge in [0.1, 0.15) is 17.2 Å². The van der Waals surface area contributed by atoms with Gasteiger partial charge in [-0.1, -0.05) is 23.2 Å². The minimum absolute atomic E-state index is 0.0137. The Morgan fingerprint density at radius 2 is 1.78 bits per heavy atom. The second-order valence-electron chi connectivity index (χ2n) is 4.10. The van der Waals surface area contributed by atoms with Gasteiger partial charge in [-0.25, -0.2) is 4.98 Å². The van der Waals surface area contributed by atoms with Gasteiger partial charge in [0.05, 0.1) is 10.0 Å². The summed E-state index contributed by atoms with van der Waals surface area (Å²) in [7, 11) is 1.57. The first-order chi connectivity index (χ1) is 8.29. The van der Waals surface area contributed by atoms with E-state index in [-0.39, 0.29) is 34.5 Å². The van der Waals surface area contributed by atoms with Crippen LogP contribution in [0.4, 0.5) is 24.8 Å². The molecule has 0 saturated heterocycles. The molecule has 1 heterocycles. The lowest BCUT2D eigenvalue weighted by molar-refractivity contribution is -0.151. The van der Waals surface area contributed by atoms with Crippen LogP contribution in [0.15, 0.2) is 6.07 Å². The number of hydrogen-bond donors (Lipinski definition) is 2. The molecule has 0 unspecified atom stereocenters. The normalized spacial score (nSPS) is 17.4. The highest BCUT2D eigenvalue weighted by atomic mass is 35.5. The van der Waals surface area contributed by atoms with Crippen LogP contribution < -0.4 is 10.6 Å². The highest BCUT2D eigenvalue weighted by Gasteiger charge is 2.63. The lowest BCUT2D eigenvalue weighted by Crippen LogP contribution is -2.39. The molecule has 1 saturated carbocycles. The van der Waals surface area contributed by atoms with Gasteiger partial charge in [-0.2, -0.15) is 13.2 Å². The molecular weight excluding hydrogens is 290 g/mol. The van der Waals surface area contributed by atoms with E-state index < -0.39 is 11.7 Å². The van der Waals surface area contributed by atoms with Crippen LogP contribution in [-0.4, -0.2) is 23.7 Å². The predicted octanol–water partition coefficient (Wildman–Crippen LogP) is 3.94. The molecule has 0 bridgehead atoms. The van der Waals surface area contributed by atoms with Gasteiger partial charge in [-0.15, -0.1) is 0 Å². The lowest BCUT2D eigenvalue weighted by atomic mass is 10.2. The molecule has 0 amide bonds. The number of nitrogens with one attached hydrogen (secondary N) is 2. The molecule has 8 heteroatoms. The van der Waals surface area contributed by atoms with Crippen LogP contribution in [0.2, 0.25) is 10.0 Å². The summed E-state index contributed by atoms with van der Waals surface area (Å²) in [5.41, 5.74) is -1.90. The maximum atomic E-state index is 12.8. The van der Waals surface area contributed by atoms with Gasteiger partial charge in [0.25, 0.3) is 0 Å². The van der Waals surface area contributed by atoms with Crippen LogP contribution in [0.25, 0.3) is 0 Å². The highest BCUT2D eigenvalue weighted by Crippen LogP contribution is 2.51. The fourth-order valence-electron chi connectivity index (χ4n) is 1.56. The number of pyridine rings is 1. The summed E-state index contributed by atoms with van der Waals surface area (Å²) in [4.78, 5) is 3.94. The Balaban J connectivity index is 2.30. The van der Waals surface area contributed by atoms with Gasteiger partial charge in [0.2, 0.25) is 0 Å². The summed E-state index contributed by atoms with van der Waals surface area (Å²) < 4.78 is 38.4. The van der Waals surface area contributed by atoms with Crippen molar-refractivity contribution in [3.63, 3.8) is 0 Å². The fourth-order valence-corrected chi connectivity index (χ4v) is 2.06. The maximum absolute atomic E-state index is 12.8. The smallest absolute Gasteiger partial charge is 0.372 e. The molecule has 3 nitrogen and oxygen atoms in total. The van der Waals surface area contributed by atoms with Gasteiger partial charge in [0.15, 0.2) is 0 Å². The maximum Gasteiger partial charge on any atom is 0.411 e. The Morgan fingerprint density at radius 1 is 1.22 bits per heavy atom. The van der Waals surface area contributed by atoms with Gasteiger partial charge in [-0.3, -0.25) is 0 Å². The van der Waals surface area contributed by atoms with Gasteiger partial charge >= 0.3 is 6.18 Å². The summed E-state index contributed by atoms with van der Waals surface area (Å²) in [5.74, 6) is 0.266. The lowest BCUT2D eigenvalue weighted by Gasteiger charge is -2.22. The number of aromatic nitrogens is 1. The van der Waals surface area contributed by atoms with E-state index in [1.807, 2.05) is 0 Å². The van der Waals surface area contributed by atoms with E-state index >= 15 is 0 Å². The summed E-state index contributed by atoms with van der Waals surface area (Å²) in [6, 6.07) is 1.36. The minimum atomic E-state index is -4.32. The molecule has 1 fully saturated rings. The molecule has 2 rings (SSSR count). The predicted molar refractivity (Wildman–Crippen MR) is 65.4 cm³/mol. The highest BCUT2D eigenvalue weighted by molar-refractivity contribution is 6.37. The molecule has 1 aromatic rings. The van der Waals surface area contributed by atoms with Gasteiger partial charge in [0, 0.05) is 7.05 Å². The number of hydrogen-bond acceptors (Lipinski definition) is 3. The third-order valence-corrected chi connectivity index (χ3v) is 3.39. The molecular formula is C10H10Cl2F3N3. The summed E-state index contributed by atoms with van der Waals surface area (Å²) in [6.45, 7) is 0. The molecule has 1 aromatic heterocycles. The molecule has 0 atom stereocenters. The second kappa shape index (κ2) is 4.35. The van der Waals surface area contributed by atoms with Gasteiger partial charge < -0.3 is 10.6 Å². The fraction of sp³-hybridized carbons (Fsp3) is 0.500. The molecule has 1 aliphatic carbocycles. The van der Waals surface area contributed by atoms with E-state index in [4.69, 9.17) is 23.2 Å². The van der Waals surface area contributed by atoms with E-state index in [0.29, 0.717) is 0 Å². The van der Waals surface area contributed by atoms with Crippen molar-refractivity contribution in [1.82, 2.24) is 4.98 Å². The number of halogens is 5. The SMILES string of the molecule is CNc1nc(NC2(C(F)(F)F)CC2)c(Cl)cc1Cl. The first-order valence-corrected chi connectivity index (χ1v) is 5.93. The largest absolute Gasteiger partial charge is 0.411 e. The molecule has 0 aromatic carbocycles. The third kappa shape index (κ3) is 2.31. The van der Waals surface area contributed by atoms with Crippen LogP contribution in [0.3, 0.4) is 0 Å². The summed E-state index contributed by atoms with van der Waals surface area (Å²) in [5, 5.41) is 5.38. The van der Waals surface area contributed by atoms with E-state index in [1.165, 1.54) is 6.07 Å². The number of alkyl halides is 3. The summed E-state index contributed by atoms with van der Waals surface area (Å²) in [6.07, 6.45) is -4.28. The van der Waals surface area contributed by atoms with Crippen LogP contribution in [0.5, 0.6) is 0 Å². The zero-order chi connectivity index (χ0) is 13.6. The van der Waals surface area contributed by atoms with Crippen molar-refractivity contribution in [2.45, 2.75) is 24.6 Å². The summed E-state index contributed by atoms with van der Waals surface area (Å²) >= 11 is 11.7. The van der Waals surface area contributed by atoms with Crippen molar-refractivity contribution in [3.8, 4) is 0 Å². The molecule has 0 aliphatic heterocycles. The molecule has 18 heavy (non-hydrogen) atoms. The Hall–Kier alpha value is -0.880. The topological polar surface area (TPSA) is 37.0 Å². The third-order valence-electron chi connectivity index (χ3n) is 2.82. The molecule has 0 radical (unpaired) electrons. The van der Waals surface area contributed by atoms with Crippen LogP contribution in [-0.2, 0) is 0 Å². The number of anilines is 2. The molecule has 1 aliphatic rings. The monoisotopic (exact) mass is 299 g/mol. The minimum Gasteiger partial charge on any atom is -0.372 e. The Kier molecular flexibility index (Phi) is 3.27. The Bertz CT molecular complexity index is 472. The molecule has 0 spiro atoms. The van der Waals surface area contributed by atoms with Crippen molar-refractivity contribution in [3.05, 3.63) is 16.1 Å². The number of nitrogens with zero attached hydrogens (tertiary/aromatic N) is 1. The van der Waals surface area contributed by atoms with Crippen LogP contribution >= 0.6 is 23.2 Å². The average molecular weight is 300 g/mol. The standard InChI is InChI=1S/C10H10Cl2F3N3/c1-16-7-5(11)4-6(12)8(17-7)18-9(2-3-9)10(13,14)15/h4H,2-3H2,1H3,(H2,16,17,18). The second-order valence-corrected chi connectivity index (χ2v) is 4.92. The van der Waals surface area contributed by atoms with Crippen molar-refractivity contribution in [1.29, 1.82) is 0 Å². The van der Waals surface area contributed by atoms with Gasteiger partial charge in [-0.05, 0) is 18.9 Å². The van der Waals surface area contributed by atoms with Crippen molar-refractivity contribution >= 4 is 34.8 Å². The first kappa shape index (κ1) is 13.5. The molecule has 100 valence electrons. The Labute approximate surface area is 112 Å². The van der Waals surface area contributed by atoms with Crippen LogP contribution in [0.1, 0.15) is 12.8 Å². The van der Waals surface area contributed by atoms with E-state index in [1.54, 1.807) is 7.05 Å². The Morgan fingerprint density at radius 3 is 2.22 bits per heavy atom. The average Bonchev–Trinajstić information content (AvgIpc) is 3.02. The number of rotatable bonds is 3. The quantitative estimate of drug-likeness (QED) is 0.888. The van der Waals surface area contributed by atoms with E-state index in [2.05, 4.69) is 15.6 Å².